The lowest BCUT2D eigenvalue weighted by atomic mass is 10.1. The van der Waals surface area contributed by atoms with Gasteiger partial charge in [0.1, 0.15) is 0 Å². The van der Waals surface area contributed by atoms with Crippen LogP contribution in [0.3, 0.4) is 0 Å². The first-order chi connectivity index (χ1) is 8.07. The highest BCUT2D eigenvalue weighted by molar-refractivity contribution is 7.99. The summed E-state index contributed by atoms with van der Waals surface area (Å²) in [6.07, 6.45) is 0.689. The monoisotopic (exact) mass is 271 g/mol. The van der Waals surface area contributed by atoms with Gasteiger partial charge in [-0.1, -0.05) is 6.07 Å². The van der Waals surface area contributed by atoms with Crippen LogP contribution in [0.15, 0.2) is 17.5 Å². The number of amides is 1. The molecule has 0 aromatic carbocycles. The van der Waals surface area contributed by atoms with Gasteiger partial charge in [0.2, 0.25) is 5.91 Å². The van der Waals surface area contributed by atoms with Crippen molar-refractivity contribution in [2.45, 2.75) is 24.7 Å². The molecule has 1 aromatic rings. The van der Waals surface area contributed by atoms with E-state index in [1.165, 1.54) is 4.88 Å². The molecule has 1 aromatic heterocycles. The Morgan fingerprint density at radius 2 is 2.53 bits per heavy atom. The van der Waals surface area contributed by atoms with E-state index >= 15 is 0 Å². The Kier molecular flexibility index (Phi) is 4.12. The Morgan fingerprint density at radius 1 is 1.71 bits per heavy atom. The fraction of sp³-hybridized carbons (Fsp3) is 0.583. The predicted octanol–water partition coefficient (Wildman–Crippen LogP) is 1.96. The van der Waals surface area contributed by atoms with Crippen LogP contribution in [0.4, 0.5) is 0 Å². The molecule has 1 amide bonds. The quantitative estimate of drug-likeness (QED) is 0.910. The first kappa shape index (κ1) is 12.9. The first-order valence-electron chi connectivity index (χ1n) is 5.67. The van der Waals surface area contributed by atoms with Gasteiger partial charge in [-0.2, -0.15) is 0 Å². The molecule has 0 radical (unpaired) electrons. The molecule has 94 valence electrons. The minimum Gasteiger partial charge on any atom is -0.388 e. The molecule has 1 aliphatic rings. The van der Waals surface area contributed by atoms with Crippen LogP contribution in [0.2, 0.25) is 0 Å². The summed E-state index contributed by atoms with van der Waals surface area (Å²) in [5, 5.41) is 11.8. The average molecular weight is 271 g/mol. The Balaban J connectivity index is 1.71. The number of nitrogens with zero attached hydrogens (tertiary/aromatic N) is 1. The standard InChI is InChI=1S/C12H17NO2S2/c1-12(15)4-5-13(9-12)11(14)8-16-7-10-3-2-6-17-10/h2-3,6,15H,4-5,7-9H2,1H3. The highest BCUT2D eigenvalue weighted by Gasteiger charge is 2.33. The van der Waals surface area contributed by atoms with E-state index in [0.29, 0.717) is 25.3 Å². The molecule has 0 spiro atoms. The smallest absolute Gasteiger partial charge is 0.232 e. The molecule has 1 atom stereocenters. The van der Waals surface area contributed by atoms with E-state index in [0.717, 1.165) is 5.75 Å². The number of likely N-dealkylation sites (tertiary alicyclic amines) is 1. The molecule has 1 aliphatic heterocycles. The summed E-state index contributed by atoms with van der Waals surface area (Å²) in [4.78, 5) is 14.9. The third-order valence-electron chi connectivity index (χ3n) is 2.85. The second-order valence-corrected chi connectivity index (χ2v) is 6.65. The van der Waals surface area contributed by atoms with Crippen LogP contribution in [0.5, 0.6) is 0 Å². The second kappa shape index (κ2) is 5.42. The van der Waals surface area contributed by atoms with Gasteiger partial charge in [0, 0.05) is 23.7 Å². The van der Waals surface area contributed by atoms with Gasteiger partial charge in [-0.25, -0.2) is 0 Å². The Bertz CT molecular complexity index is 376. The van der Waals surface area contributed by atoms with Crippen molar-refractivity contribution in [3.63, 3.8) is 0 Å². The number of carbonyl (C=O) groups is 1. The number of thioether (sulfide) groups is 1. The molecule has 1 N–H and O–H groups in total. The van der Waals surface area contributed by atoms with Gasteiger partial charge in [0.15, 0.2) is 0 Å². The minimum absolute atomic E-state index is 0.143. The largest absolute Gasteiger partial charge is 0.388 e. The summed E-state index contributed by atoms with van der Waals surface area (Å²) in [5.74, 6) is 1.55. The number of carbonyl (C=O) groups excluding carboxylic acids is 1. The Labute approximate surface area is 110 Å². The molecule has 3 nitrogen and oxygen atoms in total. The first-order valence-corrected chi connectivity index (χ1v) is 7.70. The van der Waals surface area contributed by atoms with Crippen molar-refractivity contribution in [2.24, 2.45) is 0 Å². The summed E-state index contributed by atoms with van der Waals surface area (Å²) >= 11 is 3.36. The normalized spacial score (nSPS) is 24.2. The minimum atomic E-state index is -0.686. The van der Waals surface area contributed by atoms with Crippen molar-refractivity contribution in [3.05, 3.63) is 22.4 Å². The highest BCUT2D eigenvalue weighted by atomic mass is 32.2. The van der Waals surface area contributed by atoms with Gasteiger partial charge in [0.05, 0.1) is 11.4 Å². The van der Waals surface area contributed by atoms with Gasteiger partial charge in [-0.05, 0) is 24.8 Å². The van der Waals surface area contributed by atoms with Crippen LogP contribution in [0, 0.1) is 0 Å². The number of β-amino-alcohol motifs (C(OH)–C–C–N with tert-alkyl or cyclic N) is 1. The third-order valence-corrected chi connectivity index (χ3v) is 4.88. The van der Waals surface area contributed by atoms with Crippen molar-refractivity contribution in [1.82, 2.24) is 4.90 Å². The summed E-state index contributed by atoms with van der Waals surface area (Å²) in [5.41, 5.74) is -0.686. The number of rotatable bonds is 4. The van der Waals surface area contributed by atoms with Gasteiger partial charge in [0.25, 0.3) is 0 Å². The SMILES string of the molecule is CC1(O)CCN(C(=O)CSCc2cccs2)C1. The molecule has 0 saturated carbocycles. The molecule has 5 heteroatoms. The Morgan fingerprint density at radius 3 is 3.12 bits per heavy atom. The van der Waals surface area contributed by atoms with Gasteiger partial charge < -0.3 is 10.0 Å². The fourth-order valence-electron chi connectivity index (χ4n) is 1.88. The zero-order valence-electron chi connectivity index (χ0n) is 9.89. The lowest BCUT2D eigenvalue weighted by Crippen LogP contribution is -2.34. The van der Waals surface area contributed by atoms with E-state index in [9.17, 15) is 9.90 Å². The van der Waals surface area contributed by atoms with Gasteiger partial charge in [-0.15, -0.1) is 23.1 Å². The van der Waals surface area contributed by atoms with Crippen molar-refractivity contribution in [1.29, 1.82) is 0 Å². The van der Waals surface area contributed by atoms with Crippen LogP contribution in [0.1, 0.15) is 18.2 Å². The van der Waals surface area contributed by atoms with Crippen molar-refractivity contribution < 1.29 is 9.90 Å². The van der Waals surface area contributed by atoms with E-state index in [2.05, 4.69) is 11.4 Å². The van der Waals surface area contributed by atoms with E-state index in [1.54, 1.807) is 34.9 Å². The lowest BCUT2D eigenvalue weighted by Gasteiger charge is -2.18. The van der Waals surface area contributed by atoms with Crippen LogP contribution in [-0.4, -0.2) is 40.4 Å². The van der Waals surface area contributed by atoms with Crippen LogP contribution in [0.25, 0.3) is 0 Å². The third kappa shape index (κ3) is 3.72. The van der Waals surface area contributed by atoms with Gasteiger partial charge in [-0.3, -0.25) is 4.79 Å². The van der Waals surface area contributed by atoms with Crippen LogP contribution >= 0.6 is 23.1 Å². The maximum Gasteiger partial charge on any atom is 0.232 e. The molecule has 1 fully saturated rings. The maximum absolute atomic E-state index is 11.9. The summed E-state index contributed by atoms with van der Waals surface area (Å²) in [6.45, 7) is 2.95. The van der Waals surface area contributed by atoms with Crippen LogP contribution < -0.4 is 0 Å². The van der Waals surface area contributed by atoms with E-state index in [1.807, 2.05) is 6.07 Å². The zero-order chi connectivity index (χ0) is 12.3. The maximum atomic E-state index is 11.9. The number of aliphatic hydroxyl groups is 1. The van der Waals surface area contributed by atoms with E-state index in [-0.39, 0.29) is 5.91 Å². The van der Waals surface area contributed by atoms with Crippen LogP contribution in [-0.2, 0) is 10.5 Å². The van der Waals surface area contributed by atoms with Crippen molar-refractivity contribution in [3.8, 4) is 0 Å². The molecule has 1 unspecified atom stereocenters. The van der Waals surface area contributed by atoms with Crippen molar-refractivity contribution in [2.75, 3.05) is 18.8 Å². The molecular weight excluding hydrogens is 254 g/mol. The Hall–Kier alpha value is -0.520. The summed E-state index contributed by atoms with van der Waals surface area (Å²) < 4.78 is 0. The van der Waals surface area contributed by atoms with E-state index in [4.69, 9.17) is 0 Å². The number of hydrogen-bond acceptors (Lipinski definition) is 4. The van der Waals surface area contributed by atoms with E-state index < -0.39 is 5.60 Å². The fourth-order valence-corrected chi connectivity index (χ4v) is 3.65. The molecule has 1 saturated heterocycles. The van der Waals surface area contributed by atoms with Gasteiger partial charge >= 0.3 is 0 Å². The summed E-state index contributed by atoms with van der Waals surface area (Å²) in [6, 6.07) is 4.11. The topological polar surface area (TPSA) is 40.5 Å². The molecule has 2 heterocycles. The highest BCUT2D eigenvalue weighted by Crippen LogP contribution is 2.22. The second-order valence-electron chi connectivity index (χ2n) is 4.63. The molecule has 0 bridgehead atoms. The number of hydrogen-bond donors (Lipinski definition) is 1. The number of thiophene rings is 1. The molecular formula is C12H17NO2S2. The van der Waals surface area contributed by atoms with Crippen molar-refractivity contribution >= 4 is 29.0 Å². The predicted molar refractivity (Wildman–Crippen MR) is 72.3 cm³/mol. The molecule has 0 aliphatic carbocycles. The zero-order valence-corrected chi connectivity index (χ0v) is 11.5. The molecule has 2 rings (SSSR count). The molecule has 17 heavy (non-hydrogen) atoms. The average Bonchev–Trinajstić information content (AvgIpc) is 2.87. The lowest BCUT2D eigenvalue weighted by molar-refractivity contribution is -0.128. The summed E-state index contributed by atoms with van der Waals surface area (Å²) in [7, 11) is 0.